The Morgan fingerprint density at radius 2 is 1.57 bits per heavy atom. The van der Waals surface area contributed by atoms with Crippen LogP contribution in [0.3, 0.4) is 0 Å². The number of carbonyl (C=O) groups excluding carboxylic acids is 1. The van der Waals surface area contributed by atoms with Gasteiger partial charge in [0.05, 0.1) is 6.04 Å². The Hall–Kier alpha value is -2.13. The molecule has 0 aromatic heterocycles. The van der Waals surface area contributed by atoms with Crippen molar-refractivity contribution in [3.63, 3.8) is 0 Å². The fraction of sp³-hybridized carbons (Fsp3) is 0.278. The van der Waals surface area contributed by atoms with Crippen molar-refractivity contribution < 1.29 is 4.79 Å². The zero-order valence-corrected chi connectivity index (χ0v) is 12.0. The van der Waals surface area contributed by atoms with Crippen LogP contribution in [0.4, 0.5) is 0 Å². The monoisotopic (exact) mass is 280 g/mol. The molecule has 0 radical (unpaired) electrons. The molecule has 1 heterocycles. The van der Waals surface area contributed by atoms with Gasteiger partial charge in [0.2, 0.25) is 5.91 Å². The van der Waals surface area contributed by atoms with Crippen molar-refractivity contribution in [2.45, 2.75) is 32.0 Å². The normalized spacial score (nSPS) is 14.8. The Kier molecular flexibility index (Phi) is 4.02. The number of carbonyl (C=O) groups is 1. The van der Waals surface area contributed by atoms with Gasteiger partial charge < -0.3 is 10.6 Å². The van der Waals surface area contributed by atoms with Gasteiger partial charge in [-0.3, -0.25) is 4.79 Å². The van der Waals surface area contributed by atoms with Gasteiger partial charge in [0.15, 0.2) is 0 Å². The first-order valence-corrected chi connectivity index (χ1v) is 7.39. The van der Waals surface area contributed by atoms with Crippen LogP contribution in [0, 0.1) is 0 Å². The van der Waals surface area contributed by atoms with Crippen LogP contribution in [0.15, 0.2) is 54.6 Å². The Morgan fingerprint density at radius 3 is 2.19 bits per heavy atom. The van der Waals surface area contributed by atoms with Crippen LogP contribution in [0.1, 0.15) is 23.1 Å². The van der Waals surface area contributed by atoms with E-state index < -0.39 is 6.04 Å². The molecule has 21 heavy (non-hydrogen) atoms. The molecule has 1 aliphatic heterocycles. The molecule has 1 amide bonds. The highest BCUT2D eigenvalue weighted by Gasteiger charge is 2.26. The standard InChI is InChI=1S/C18H20N2O/c19-17(11-10-14-6-2-1-3-7-14)18(21)20-12-15-8-4-5-9-16(15)13-20/h1-9,17H,10-13,19H2. The number of hydrogen-bond acceptors (Lipinski definition) is 2. The number of amides is 1. The van der Waals surface area contributed by atoms with E-state index in [9.17, 15) is 4.79 Å². The van der Waals surface area contributed by atoms with E-state index in [0.29, 0.717) is 19.5 Å². The fourth-order valence-corrected chi connectivity index (χ4v) is 2.81. The lowest BCUT2D eigenvalue weighted by molar-refractivity contribution is -0.133. The van der Waals surface area contributed by atoms with Crippen molar-refractivity contribution in [3.8, 4) is 0 Å². The highest BCUT2D eigenvalue weighted by Crippen LogP contribution is 2.23. The maximum atomic E-state index is 12.4. The van der Waals surface area contributed by atoms with Crippen molar-refractivity contribution in [2.24, 2.45) is 5.73 Å². The number of fused-ring (bicyclic) bond motifs is 1. The minimum Gasteiger partial charge on any atom is -0.333 e. The predicted octanol–water partition coefficient (Wildman–Crippen LogP) is 2.49. The van der Waals surface area contributed by atoms with Gasteiger partial charge in [-0.1, -0.05) is 54.6 Å². The second kappa shape index (κ2) is 6.10. The Morgan fingerprint density at radius 1 is 1.00 bits per heavy atom. The maximum Gasteiger partial charge on any atom is 0.240 e. The maximum absolute atomic E-state index is 12.4. The SMILES string of the molecule is NC(CCc1ccccc1)C(=O)N1Cc2ccccc2C1. The molecular formula is C18H20N2O. The quantitative estimate of drug-likeness (QED) is 0.935. The van der Waals surface area contributed by atoms with Gasteiger partial charge in [-0.15, -0.1) is 0 Å². The fourth-order valence-electron chi connectivity index (χ4n) is 2.81. The van der Waals surface area contributed by atoms with Gasteiger partial charge in [0, 0.05) is 13.1 Å². The number of rotatable bonds is 4. The van der Waals surface area contributed by atoms with Crippen molar-refractivity contribution in [2.75, 3.05) is 0 Å². The first kappa shape index (κ1) is 13.8. The summed E-state index contributed by atoms with van der Waals surface area (Å²) in [6, 6.07) is 17.9. The summed E-state index contributed by atoms with van der Waals surface area (Å²) in [6.07, 6.45) is 1.53. The molecule has 0 spiro atoms. The number of nitrogens with zero attached hydrogens (tertiary/aromatic N) is 1. The summed E-state index contributed by atoms with van der Waals surface area (Å²) >= 11 is 0. The second-order valence-corrected chi connectivity index (χ2v) is 5.59. The molecule has 108 valence electrons. The summed E-state index contributed by atoms with van der Waals surface area (Å²) in [4.78, 5) is 14.3. The van der Waals surface area contributed by atoms with Gasteiger partial charge in [0.25, 0.3) is 0 Å². The smallest absolute Gasteiger partial charge is 0.240 e. The number of aryl methyl sites for hydroxylation is 1. The van der Waals surface area contributed by atoms with Crippen LogP contribution in [0.2, 0.25) is 0 Å². The molecule has 3 heteroatoms. The van der Waals surface area contributed by atoms with Gasteiger partial charge in [-0.25, -0.2) is 0 Å². The lowest BCUT2D eigenvalue weighted by Gasteiger charge is -2.20. The van der Waals surface area contributed by atoms with Crippen LogP contribution in [-0.4, -0.2) is 16.8 Å². The van der Waals surface area contributed by atoms with E-state index in [1.165, 1.54) is 16.7 Å². The zero-order valence-electron chi connectivity index (χ0n) is 12.0. The van der Waals surface area contributed by atoms with Crippen LogP contribution in [0.25, 0.3) is 0 Å². The third-order valence-corrected chi connectivity index (χ3v) is 4.06. The summed E-state index contributed by atoms with van der Waals surface area (Å²) in [7, 11) is 0. The highest BCUT2D eigenvalue weighted by atomic mass is 16.2. The third-order valence-electron chi connectivity index (χ3n) is 4.06. The molecule has 0 saturated carbocycles. The number of hydrogen-bond donors (Lipinski definition) is 1. The Labute approximate surface area is 125 Å². The summed E-state index contributed by atoms with van der Waals surface area (Å²) in [5, 5.41) is 0. The summed E-state index contributed by atoms with van der Waals surface area (Å²) in [6.45, 7) is 1.38. The van der Waals surface area contributed by atoms with Crippen molar-refractivity contribution in [1.29, 1.82) is 0 Å². The molecule has 1 unspecified atom stereocenters. The van der Waals surface area contributed by atoms with E-state index in [1.807, 2.05) is 35.2 Å². The first-order chi connectivity index (χ1) is 10.2. The average Bonchev–Trinajstić information content (AvgIpc) is 2.97. The van der Waals surface area contributed by atoms with E-state index >= 15 is 0 Å². The van der Waals surface area contributed by atoms with Gasteiger partial charge in [-0.2, -0.15) is 0 Å². The average molecular weight is 280 g/mol. The van der Waals surface area contributed by atoms with E-state index in [1.54, 1.807) is 0 Å². The Bertz CT molecular complexity index is 599. The number of nitrogens with two attached hydrogens (primary N) is 1. The molecule has 2 N–H and O–H groups in total. The van der Waals surface area contributed by atoms with Gasteiger partial charge >= 0.3 is 0 Å². The minimum atomic E-state index is -0.417. The largest absolute Gasteiger partial charge is 0.333 e. The molecule has 0 saturated heterocycles. The van der Waals surface area contributed by atoms with Crippen molar-refractivity contribution >= 4 is 5.91 Å². The molecular weight excluding hydrogens is 260 g/mol. The minimum absolute atomic E-state index is 0.0575. The number of benzene rings is 2. The topological polar surface area (TPSA) is 46.3 Å². The molecule has 0 bridgehead atoms. The predicted molar refractivity (Wildman–Crippen MR) is 83.4 cm³/mol. The molecule has 3 rings (SSSR count). The second-order valence-electron chi connectivity index (χ2n) is 5.59. The van der Waals surface area contributed by atoms with E-state index in [-0.39, 0.29) is 5.91 Å². The van der Waals surface area contributed by atoms with Gasteiger partial charge in [-0.05, 0) is 29.5 Å². The van der Waals surface area contributed by atoms with Gasteiger partial charge in [0.1, 0.15) is 0 Å². The van der Waals surface area contributed by atoms with Crippen LogP contribution >= 0.6 is 0 Å². The lowest BCUT2D eigenvalue weighted by Crippen LogP contribution is -2.41. The third kappa shape index (κ3) is 3.14. The molecule has 2 aromatic rings. The lowest BCUT2D eigenvalue weighted by atomic mass is 10.1. The molecule has 2 aromatic carbocycles. The van der Waals surface area contributed by atoms with Crippen molar-refractivity contribution in [1.82, 2.24) is 4.90 Å². The van der Waals surface area contributed by atoms with E-state index in [2.05, 4.69) is 24.3 Å². The van der Waals surface area contributed by atoms with Crippen LogP contribution in [0.5, 0.6) is 0 Å². The van der Waals surface area contributed by atoms with E-state index in [4.69, 9.17) is 5.73 Å². The van der Waals surface area contributed by atoms with Crippen molar-refractivity contribution in [3.05, 3.63) is 71.3 Å². The molecule has 3 nitrogen and oxygen atoms in total. The summed E-state index contributed by atoms with van der Waals surface area (Å²) in [5.41, 5.74) is 9.79. The molecule has 0 aliphatic carbocycles. The Balaban J connectivity index is 1.56. The molecule has 0 fully saturated rings. The molecule has 1 atom stereocenters. The summed E-state index contributed by atoms with van der Waals surface area (Å²) in [5.74, 6) is 0.0575. The summed E-state index contributed by atoms with van der Waals surface area (Å²) < 4.78 is 0. The first-order valence-electron chi connectivity index (χ1n) is 7.39. The molecule has 1 aliphatic rings. The van der Waals surface area contributed by atoms with Crippen LogP contribution in [-0.2, 0) is 24.3 Å². The van der Waals surface area contributed by atoms with E-state index in [0.717, 1.165) is 6.42 Å². The zero-order chi connectivity index (χ0) is 14.7. The highest BCUT2D eigenvalue weighted by molar-refractivity contribution is 5.82. The van der Waals surface area contributed by atoms with Crippen LogP contribution < -0.4 is 5.73 Å².